The van der Waals surface area contributed by atoms with Crippen LogP contribution < -0.4 is 10.1 Å². The quantitative estimate of drug-likeness (QED) is 0.891. The fraction of sp³-hybridized carbons (Fsp3) is 0.500. The van der Waals surface area contributed by atoms with E-state index in [2.05, 4.69) is 10.3 Å². The molecule has 0 unspecified atom stereocenters. The van der Waals surface area contributed by atoms with Crippen molar-refractivity contribution in [1.82, 2.24) is 10.2 Å². The number of carbonyl (C=O) groups excluding carboxylic acids is 1. The number of rotatable bonds is 4. The van der Waals surface area contributed by atoms with E-state index in [0.717, 1.165) is 19.5 Å². The molecule has 7 heteroatoms. The number of hydrogen-bond acceptors (Lipinski definition) is 5. The Morgan fingerprint density at radius 2 is 2.22 bits per heavy atom. The minimum absolute atomic E-state index is 0.0757. The Labute approximate surface area is 134 Å². The van der Waals surface area contributed by atoms with Crippen molar-refractivity contribution >= 4 is 11.7 Å². The van der Waals surface area contributed by atoms with Crippen molar-refractivity contribution in [2.75, 3.05) is 46.0 Å². The molecule has 2 aliphatic heterocycles. The summed E-state index contributed by atoms with van der Waals surface area (Å²) in [5.41, 5.74) is 0.689. The van der Waals surface area contributed by atoms with Crippen LogP contribution in [0.1, 0.15) is 12.0 Å². The van der Waals surface area contributed by atoms with Gasteiger partial charge in [0.2, 0.25) is 0 Å². The van der Waals surface area contributed by atoms with Crippen LogP contribution in [0, 0.1) is 5.82 Å². The predicted molar refractivity (Wildman–Crippen MR) is 83.3 cm³/mol. The molecule has 0 aliphatic carbocycles. The number of nitrogens with zero attached hydrogens (tertiary/aromatic N) is 2. The summed E-state index contributed by atoms with van der Waals surface area (Å²) in [6.45, 7) is 3.58. The van der Waals surface area contributed by atoms with Crippen molar-refractivity contribution in [2.24, 2.45) is 4.99 Å². The Morgan fingerprint density at radius 3 is 2.91 bits per heavy atom. The molecule has 3 rings (SSSR count). The van der Waals surface area contributed by atoms with Gasteiger partial charge in [0.25, 0.3) is 5.91 Å². The molecule has 1 fully saturated rings. The van der Waals surface area contributed by atoms with Gasteiger partial charge in [-0.2, -0.15) is 0 Å². The number of morpholine rings is 1. The summed E-state index contributed by atoms with van der Waals surface area (Å²) in [6, 6.07) is 4.66. The average molecular weight is 321 g/mol. The van der Waals surface area contributed by atoms with E-state index >= 15 is 0 Å². The summed E-state index contributed by atoms with van der Waals surface area (Å²) in [5.74, 6) is 0.125. The molecule has 0 atom stereocenters. The molecule has 1 amide bonds. The van der Waals surface area contributed by atoms with Crippen molar-refractivity contribution in [2.45, 2.75) is 6.42 Å². The smallest absolute Gasteiger partial charge is 0.260 e. The molecular formula is C16H20FN3O3. The number of amides is 1. The van der Waals surface area contributed by atoms with Gasteiger partial charge < -0.3 is 19.7 Å². The molecule has 0 bridgehead atoms. The van der Waals surface area contributed by atoms with Crippen LogP contribution in [0.3, 0.4) is 0 Å². The topological polar surface area (TPSA) is 63.2 Å². The Kier molecular flexibility index (Phi) is 5.07. The van der Waals surface area contributed by atoms with Crippen LogP contribution >= 0.6 is 0 Å². The SMILES string of the molecule is O=C(COc1ccc(C2=NCCCN2)cc1F)N1CCOCC1. The summed E-state index contributed by atoms with van der Waals surface area (Å²) in [5, 5.41) is 3.15. The third-order valence-corrected chi connectivity index (χ3v) is 3.82. The van der Waals surface area contributed by atoms with Gasteiger partial charge in [-0.15, -0.1) is 0 Å². The van der Waals surface area contributed by atoms with E-state index in [0.29, 0.717) is 37.7 Å². The van der Waals surface area contributed by atoms with Gasteiger partial charge in [0, 0.05) is 31.7 Å². The zero-order valence-electron chi connectivity index (χ0n) is 12.9. The molecular weight excluding hydrogens is 301 g/mol. The number of benzene rings is 1. The lowest BCUT2D eigenvalue weighted by Gasteiger charge is -2.26. The van der Waals surface area contributed by atoms with E-state index < -0.39 is 5.82 Å². The number of aliphatic imine (C=N–C) groups is 1. The number of nitrogens with one attached hydrogen (secondary N) is 1. The van der Waals surface area contributed by atoms with E-state index in [9.17, 15) is 9.18 Å². The van der Waals surface area contributed by atoms with Crippen LogP contribution in [0.15, 0.2) is 23.2 Å². The fourth-order valence-electron chi connectivity index (χ4n) is 2.53. The molecule has 23 heavy (non-hydrogen) atoms. The highest BCUT2D eigenvalue weighted by molar-refractivity contribution is 5.99. The molecule has 0 spiro atoms. The molecule has 2 aliphatic rings. The molecule has 0 aromatic heterocycles. The van der Waals surface area contributed by atoms with Gasteiger partial charge in [-0.25, -0.2) is 4.39 Å². The number of ether oxygens (including phenoxy) is 2. The third-order valence-electron chi connectivity index (χ3n) is 3.82. The first-order chi connectivity index (χ1) is 11.2. The fourth-order valence-corrected chi connectivity index (χ4v) is 2.53. The van der Waals surface area contributed by atoms with Crippen molar-refractivity contribution in [1.29, 1.82) is 0 Å². The molecule has 0 saturated carbocycles. The van der Waals surface area contributed by atoms with E-state index in [-0.39, 0.29) is 18.3 Å². The lowest BCUT2D eigenvalue weighted by molar-refractivity contribution is -0.137. The lowest BCUT2D eigenvalue weighted by atomic mass is 10.1. The van der Waals surface area contributed by atoms with Crippen LogP contribution in [0.2, 0.25) is 0 Å². The van der Waals surface area contributed by atoms with Gasteiger partial charge in [0.15, 0.2) is 18.2 Å². The summed E-state index contributed by atoms with van der Waals surface area (Å²) < 4.78 is 24.7. The van der Waals surface area contributed by atoms with Crippen LogP contribution in [-0.4, -0.2) is 62.6 Å². The zero-order valence-corrected chi connectivity index (χ0v) is 12.9. The van der Waals surface area contributed by atoms with Crippen LogP contribution in [0.25, 0.3) is 0 Å². The van der Waals surface area contributed by atoms with Crippen molar-refractivity contribution < 1.29 is 18.7 Å². The van der Waals surface area contributed by atoms with Crippen molar-refractivity contribution in [3.8, 4) is 5.75 Å². The number of hydrogen-bond donors (Lipinski definition) is 1. The summed E-state index contributed by atoms with van der Waals surface area (Å²) in [4.78, 5) is 18.0. The Balaban J connectivity index is 1.59. The second-order valence-corrected chi connectivity index (χ2v) is 5.44. The first-order valence-electron chi connectivity index (χ1n) is 7.80. The maximum absolute atomic E-state index is 14.1. The van der Waals surface area contributed by atoms with Crippen LogP contribution in [0.5, 0.6) is 5.75 Å². The van der Waals surface area contributed by atoms with E-state index in [1.165, 1.54) is 12.1 Å². The second-order valence-electron chi connectivity index (χ2n) is 5.44. The number of halogens is 1. The molecule has 2 heterocycles. The Bertz CT molecular complexity index is 600. The van der Waals surface area contributed by atoms with E-state index in [1.807, 2.05) is 0 Å². The largest absolute Gasteiger partial charge is 0.481 e. The third kappa shape index (κ3) is 3.98. The van der Waals surface area contributed by atoms with E-state index in [1.54, 1.807) is 11.0 Å². The van der Waals surface area contributed by atoms with Gasteiger partial charge in [0.05, 0.1) is 13.2 Å². The molecule has 1 aromatic rings. The standard InChI is InChI=1S/C16H20FN3O3/c17-13-10-12(16-18-4-1-5-19-16)2-3-14(13)23-11-15(21)20-6-8-22-9-7-20/h2-3,10H,1,4-9,11H2,(H,18,19). The summed E-state index contributed by atoms with van der Waals surface area (Å²) in [6.07, 6.45) is 0.983. The molecule has 1 aromatic carbocycles. The van der Waals surface area contributed by atoms with Crippen LogP contribution in [-0.2, 0) is 9.53 Å². The van der Waals surface area contributed by atoms with Gasteiger partial charge >= 0.3 is 0 Å². The highest BCUT2D eigenvalue weighted by Crippen LogP contribution is 2.19. The van der Waals surface area contributed by atoms with E-state index in [4.69, 9.17) is 9.47 Å². The number of amidine groups is 1. The molecule has 124 valence electrons. The van der Waals surface area contributed by atoms with Crippen LogP contribution in [0.4, 0.5) is 4.39 Å². The molecule has 1 saturated heterocycles. The lowest BCUT2D eigenvalue weighted by Crippen LogP contribution is -2.43. The molecule has 1 N–H and O–H groups in total. The first-order valence-corrected chi connectivity index (χ1v) is 7.80. The minimum atomic E-state index is -0.493. The van der Waals surface area contributed by atoms with Gasteiger partial charge in [-0.05, 0) is 24.6 Å². The monoisotopic (exact) mass is 321 g/mol. The molecule has 0 radical (unpaired) electrons. The maximum atomic E-state index is 14.1. The van der Waals surface area contributed by atoms with Crippen molar-refractivity contribution in [3.05, 3.63) is 29.6 Å². The van der Waals surface area contributed by atoms with Crippen molar-refractivity contribution in [3.63, 3.8) is 0 Å². The second kappa shape index (κ2) is 7.41. The normalized spacial score (nSPS) is 18.1. The zero-order chi connectivity index (χ0) is 16.1. The Hall–Kier alpha value is -2.15. The maximum Gasteiger partial charge on any atom is 0.260 e. The predicted octanol–water partition coefficient (Wildman–Crippen LogP) is 0.803. The number of carbonyl (C=O) groups is 1. The molecule has 6 nitrogen and oxygen atoms in total. The highest BCUT2D eigenvalue weighted by Gasteiger charge is 2.18. The average Bonchev–Trinajstić information content (AvgIpc) is 2.62. The summed E-state index contributed by atoms with van der Waals surface area (Å²) in [7, 11) is 0. The van der Waals surface area contributed by atoms with Gasteiger partial charge in [0.1, 0.15) is 5.84 Å². The highest BCUT2D eigenvalue weighted by atomic mass is 19.1. The van der Waals surface area contributed by atoms with Gasteiger partial charge in [-0.1, -0.05) is 0 Å². The first kappa shape index (κ1) is 15.7. The van der Waals surface area contributed by atoms with Gasteiger partial charge in [-0.3, -0.25) is 9.79 Å². The minimum Gasteiger partial charge on any atom is -0.481 e. The summed E-state index contributed by atoms with van der Waals surface area (Å²) >= 11 is 0. The Morgan fingerprint density at radius 1 is 1.39 bits per heavy atom.